The van der Waals surface area contributed by atoms with Gasteiger partial charge in [-0.05, 0) is 51.5 Å². The van der Waals surface area contributed by atoms with Crippen LogP contribution in [-0.2, 0) is 9.53 Å². The number of amidine groups is 1. The summed E-state index contributed by atoms with van der Waals surface area (Å²) in [5.41, 5.74) is 2.08. The van der Waals surface area contributed by atoms with Gasteiger partial charge >= 0.3 is 0 Å². The molecule has 1 aromatic carbocycles. The molecule has 0 unspecified atom stereocenters. The largest absolute Gasteiger partial charge is 0.378 e. The van der Waals surface area contributed by atoms with E-state index in [9.17, 15) is 4.79 Å². The number of carbonyl (C=O) groups excluding carboxylic acids is 1. The predicted octanol–water partition coefficient (Wildman–Crippen LogP) is 2.82. The monoisotopic (exact) mass is 395 g/mol. The Morgan fingerprint density at radius 3 is 2.74 bits per heavy atom. The van der Waals surface area contributed by atoms with Gasteiger partial charge in [0.25, 0.3) is 5.91 Å². The molecule has 0 aromatic heterocycles. The molecule has 0 bridgehead atoms. The van der Waals surface area contributed by atoms with Gasteiger partial charge in [-0.15, -0.1) is 0 Å². The lowest BCUT2D eigenvalue weighted by atomic mass is 10.2. The number of nitrogens with zero attached hydrogens (tertiary/aromatic N) is 3. The average Bonchev–Trinajstić information content (AvgIpc) is 2.89. The van der Waals surface area contributed by atoms with Crippen LogP contribution in [0.2, 0.25) is 0 Å². The zero-order valence-corrected chi connectivity index (χ0v) is 15.5. The number of thioether (sulfide) groups is 1. The van der Waals surface area contributed by atoms with Crippen molar-refractivity contribution in [3.63, 3.8) is 0 Å². The summed E-state index contributed by atoms with van der Waals surface area (Å²) in [6.45, 7) is 2.95. The normalized spacial score (nSPS) is 20.1. The molecule has 5 nitrogen and oxygen atoms in total. The number of hydrogen-bond acceptors (Lipinski definition) is 5. The highest BCUT2D eigenvalue weighted by atomic mass is 79.9. The third kappa shape index (κ3) is 3.79. The Balaban J connectivity index is 1.76. The minimum atomic E-state index is -0.163. The summed E-state index contributed by atoms with van der Waals surface area (Å²) in [6.07, 6.45) is 1.90. The molecule has 0 N–H and O–H groups in total. The number of rotatable bonds is 2. The van der Waals surface area contributed by atoms with Gasteiger partial charge in [0.2, 0.25) is 0 Å². The number of anilines is 1. The fourth-order valence-electron chi connectivity index (χ4n) is 2.41. The van der Waals surface area contributed by atoms with Gasteiger partial charge in [-0.3, -0.25) is 4.79 Å². The lowest BCUT2D eigenvalue weighted by molar-refractivity contribution is -0.113. The molecule has 1 saturated heterocycles. The summed E-state index contributed by atoms with van der Waals surface area (Å²) < 4.78 is 6.34. The van der Waals surface area contributed by atoms with Gasteiger partial charge in [0, 0.05) is 31.7 Å². The first kappa shape index (κ1) is 16.5. The summed E-state index contributed by atoms with van der Waals surface area (Å²) in [5, 5.41) is 0.786. The van der Waals surface area contributed by atoms with E-state index in [-0.39, 0.29) is 5.91 Å². The molecule has 2 aliphatic rings. The quantitative estimate of drug-likeness (QED) is 0.720. The average molecular weight is 396 g/mol. The van der Waals surface area contributed by atoms with Gasteiger partial charge in [0.05, 0.1) is 23.8 Å². The van der Waals surface area contributed by atoms with Crippen molar-refractivity contribution < 1.29 is 9.53 Å². The van der Waals surface area contributed by atoms with Crippen LogP contribution in [0.5, 0.6) is 0 Å². The van der Waals surface area contributed by atoms with Crippen molar-refractivity contribution in [3.8, 4) is 0 Å². The van der Waals surface area contributed by atoms with E-state index in [1.165, 1.54) is 11.8 Å². The third-order valence-electron chi connectivity index (χ3n) is 3.64. The molecule has 3 rings (SSSR count). The Morgan fingerprint density at radius 1 is 1.35 bits per heavy atom. The smallest absolute Gasteiger partial charge is 0.286 e. The summed E-state index contributed by atoms with van der Waals surface area (Å²) in [4.78, 5) is 21.1. The molecule has 0 radical (unpaired) electrons. The number of carbonyl (C=O) groups is 1. The van der Waals surface area contributed by atoms with Crippen molar-refractivity contribution >= 4 is 50.5 Å². The van der Waals surface area contributed by atoms with E-state index in [0.717, 1.165) is 34.0 Å². The molecule has 1 fully saturated rings. The number of aliphatic imine (C=N–C) groups is 1. The van der Waals surface area contributed by atoms with Gasteiger partial charge in [-0.1, -0.05) is 6.07 Å². The van der Waals surface area contributed by atoms with Crippen LogP contribution in [0, 0.1) is 0 Å². The summed E-state index contributed by atoms with van der Waals surface area (Å²) in [5.74, 6) is -0.163. The van der Waals surface area contributed by atoms with E-state index >= 15 is 0 Å². The van der Waals surface area contributed by atoms with Gasteiger partial charge in [0.15, 0.2) is 5.17 Å². The molecule has 0 aliphatic carbocycles. The second kappa shape index (κ2) is 7.07. The lowest BCUT2D eigenvalue weighted by Gasteiger charge is -2.27. The van der Waals surface area contributed by atoms with E-state index in [4.69, 9.17) is 4.74 Å². The Kier molecular flexibility index (Phi) is 5.08. The number of amides is 1. The highest BCUT2D eigenvalue weighted by Gasteiger charge is 2.27. The maximum atomic E-state index is 12.1. The van der Waals surface area contributed by atoms with Crippen LogP contribution in [-0.4, -0.2) is 56.4 Å². The maximum Gasteiger partial charge on any atom is 0.286 e. The SMILES string of the molecule is CN(C)c1ccc(/C=C2/SC(N3CCOCC3)=NC2=O)cc1Br. The first-order valence-corrected chi connectivity index (χ1v) is 8.97. The van der Waals surface area contributed by atoms with E-state index in [0.29, 0.717) is 18.1 Å². The van der Waals surface area contributed by atoms with Crippen molar-refractivity contribution in [2.45, 2.75) is 0 Å². The summed E-state index contributed by atoms with van der Waals surface area (Å²) >= 11 is 5.02. The summed E-state index contributed by atoms with van der Waals surface area (Å²) in [6, 6.07) is 6.06. The van der Waals surface area contributed by atoms with Gasteiger partial charge in [-0.25, -0.2) is 0 Å². The molecule has 23 heavy (non-hydrogen) atoms. The first-order valence-electron chi connectivity index (χ1n) is 7.37. The standard InChI is InChI=1S/C16H18BrN3O2S/c1-19(2)13-4-3-11(9-12(13)17)10-14-15(21)18-16(23-14)20-5-7-22-8-6-20/h3-4,9-10H,5-8H2,1-2H3/b14-10+. The summed E-state index contributed by atoms with van der Waals surface area (Å²) in [7, 11) is 3.99. The van der Waals surface area contributed by atoms with Crippen molar-refractivity contribution in [2.75, 3.05) is 45.3 Å². The molecule has 0 spiro atoms. The molecule has 0 saturated carbocycles. The van der Waals surface area contributed by atoms with Crippen molar-refractivity contribution in [2.24, 2.45) is 4.99 Å². The zero-order chi connectivity index (χ0) is 16.4. The van der Waals surface area contributed by atoms with Crippen LogP contribution >= 0.6 is 27.7 Å². The molecule has 122 valence electrons. The van der Waals surface area contributed by atoms with E-state index in [1.54, 1.807) is 0 Å². The number of hydrogen-bond donors (Lipinski definition) is 0. The molecule has 2 heterocycles. The molecule has 1 aromatic rings. The second-order valence-electron chi connectivity index (χ2n) is 5.51. The lowest BCUT2D eigenvalue weighted by Crippen LogP contribution is -2.38. The fraction of sp³-hybridized carbons (Fsp3) is 0.375. The number of halogens is 1. The van der Waals surface area contributed by atoms with E-state index in [1.807, 2.05) is 43.3 Å². The van der Waals surface area contributed by atoms with Crippen molar-refractivity contribution in [1.82, 2.24) is 4.90 Å². The van der Waals surface area contributed by atoms with Crippen LogP contribution in [0.4, 0.5) is 5.69 Å². The number of ether oxygens (including phenoxy) is 1. The molecular formula is C16H18BrN3O2S. The van der Waals surface area contributed by atoms with Crippen LogP contribution in [0.25, 0.3) is 6.08 Å². The Bertz CT molecular complexity index is 682. The topological polar surface area (TPSA) is 45.1 Å². The van der Waals surface area contributed by atoms with Crippen molar-refractivity contribution in [3.05, 3.63) is 33.1 Å². The molecule has 2 aliphatic heterocycles. The first-order chi connectivity index (χ1) is 11.0. The van der Waals surface area contributed by atoms with Gasteiger partial charge < -0.3 is 14.5 Å². The van der Waals surface area contributed by atoms with Crippen molar-refractivity contribution in [1.29, 1.82) is 0 Å². The Labute approximate surface area is 148 Å². The second-order valence-corrected chi connectivity index (χ2v) is 7.38. The van der Waals surface area contributed by atoms with Crippen LogP contribution in [0.3, 0.4) is 0 Å². The van der Waals surface area contributed by atoms with E-state index < -0.39 is 0 Å². The molecule has 1 amide bonds. The fourth-order valence-corrected chi connectivity index (χ4v) is 4.13. The van der Waals surface area contributed by atoms with Crippen LogP contribution in [0.1, 0.15) is 5.56 Å². The zero-order valence-electron chi connectivity index (χ0n) is 13.1. The minimum absolute atomic E-state index is 0.163. The van der Waals surface area contributed by atoms with E-state index in [2.05, 4.69) is 25.8 Å². The maximum absolute atomic E-state index is 12.1. The number of benzene rings is 1. The third-order valence-corrected chi connectivity index (χ3v) is 5.32. The predicted molar refractivity (Wildman–Crippen MR) is 98.9 cm³/mol. The highest BCUT2D eigenvalue weighted by molar-refractivity contribution is 9.10. The highest BCUT2D eigenvalue weighted by Crippen LogP contribution is 2.32. The molecule has 0 atom stereocenters. The number of morpholine rings is 1. The molecule has 7 heteroatoms. The van der Waals surface area contributed by atoms with Gasteiger partial charge in [0.1, 0.15) is 0 Å². The van der Waals surface area contributed by atoms with Gasteiger partial charge in [-0.2, -0.15) is 4.99 Å². The Hall–Kier alpha value is -1.31. The van der Waals surface area contributed by atoms with Crippen LogP contribution in [0.15, 0.2) is 32.6 Å². The molecular weight excluding hydrogens is 378 g/mol. The Morgan fingerprint density at radius 2 is 2.09 bits per heavy atom. The van der Waals surface area contributed by atoms with Crippen LogP contribution < -0.4 is 4.90 Å². The minimum Gasteiger partial charge on any atom is -0.378 e.